The zero-order chi connectivity index (χ0) is 26.5. The molecule has 192 valence electrons. The summed E-state index contributed by atoms with van der Waals surface area (Å²) in [6, 6.07) is 17.8. The summed E-state index contributed by atoms with van der Waals surface area (Å²) >= 11 is 0. The lowest BCUT2D eigenvalue weighted by Gasteiger charge is -2.25. The normalized spacial score (nSPS) is 14.7. The SMILES string of the molecule is COc1ccc(C(=O)N(C)CC(=O)N2N=C(c3ccccc3F)CC2c2ccc(OC)c(OC)c2)cc1. The number of hydrogen-bond acceptors (Lipinski definition) is 6. The van der Waals surface area contributed by atoms with Crippen LogP contribution in [0, 0.1) is 5.82 Å². The van der Waals surface area contributed by atoms with E-state index in [0.29, 0.717) is 34.1 Å². The highest BCUT2D eigenvalue weighted by Gasteiger charge is 2.35. The van der Waals surface area contributed by atoms with Gasteiger partial charge in [-0.25, -0.2) is 9.40 Å². The first-order chi connectivity index (χ1) is 17.9. The summed E-state index contributed by atoms with van der Waals surface area (Å²) in [5.74, 6) is 0.515. The molecule has 0 N–H and O–H groups in total. The van der Waals surface area contributed by atoms with Crippen molar-refractivity contribution in [3.63, 3.8) is 0 Å². The summed E-state index contributed by atoms with van der Waals surface area (Å²) < 4.78 is 30.5. The molecular weight excluding hydrogens is 477 g/mol. The summed E-state index contributed by atoms with van der Waals surface area (Å²) in [6.07, 6.45) is 0.290. The Hall–Kier alpha value is -4.40. The molecule has 0 saturated heterocycles. The smallest absolute Gasteiger partial charge is 0.262 e. The summed E-state index contributed by atoms with van der Waals surface area (Å²) in [4.78, 5) is 27.7. The van der Waals surface area contributed by atoms with Crippen LogP contribution in [0.1, 0.15) is 33.9 Å². The van der Waals surface area contributed by atoms with Crippen LogP contribution in [0.2, 0.25) is 0 Å². The van der Waals surface area contributed by atoms with Crippen LogP contribution in [0.15, 0.2) is 71.8 Å². The number of hydrazone groups is 1. The van der Waals surface area contributed by atoms with Gasteiger partial charge in [0.2, 0.25) is 0 Å². The fourth-order valence-electron chi connectivity index (χ4n) is 4.22. The molecule has 9 heteroatoms. The van der Waals surface area contributed by atoms with E-state index in [4.69, 9.17) is 14.2 Å². The number of halogens is 1. The maximum atomic E-state index is 14.6. The molecule has 1 atom stereocenters. The lowest BCUT2D eigenvalue weighted by atomic mass is 9.97. The topological polar surface area (TPSA) is 80.7 Å². The van der Waals surface area contributed by atoms with Gasteiger partial charge in [-0.2, -0.15) is 5.10 Å². The fourth-order valence-corrected chi connectivity index (χ4v) is 4.22. The number of methoxy groups -OCH3 is 3. The third kappa shape index (κ3) is 5.40. The second-order valence-corrected chi connectivity index (χ2v) is 8.49. The molecule has 0 spiro atoms. The number of ether oxygens (including phenoxy) is 3. The van der Waals surface area contributed by atoms with Crippen molar-refractivity contribution in [2.45, 2.75) is 12.5 Å². The number of benzene rings is 3. The Morgan fingerprint density at radius 3 is 2.32 bits per heavy atom. The molecule has 0 aromatic heterocycles. The Bertz CT molecular complexity index is 1330. The third-order valence-electron chi connectivity index (χ3n) is 6.20. The van der Waals surface area contributed by atoms with Crippen molar-refractivity contribution in [2.75, 3.05) is 34.9 Å². The standard InChI is InChI=1S/C28H28FN3O5/c1-31(28(34)18-9-12-20(35-2)13-10-18)17-27(33)32-24(19-11-14-25(36-3)26(15-19)37-4)16-23(30-32)21-7-5-6-8-22(21)29/h5-15,24H,16-17H2,1-4H3. The average molecular weight is 506 g/mol. The predicted octanol–water partition coefficient (Wildman–Crippen LogP) is 4.30. The molecule has 4 rings (SSSR count). The van der Waals surface area contributed by atoms with Crippen LogP contribution >= 0.6 is 0 Å². The van der Waals surface area contributed by atoms with Gasteiger partial charge < -0.3 is 19.1 Å². The number of likely N-dealkylation sites (N-methyl/N-ethyl adjacent to an activating group) is 1. The van der Waals surface area contributed by atoms with Crippen LogP contribution in [0.25, 0.3) is 0 Å². The number of carbonyl (C=O) groups is 2. The van der Waals surface area contributed by atoms with Gasteiger partial charge in [0.05, 0.1) is 33.1 Å². The molecule has 1 heterocycles. The van der Waals surface area contributed by atoms with Crippen molar-refractivity contribution < 1.29 is 28.2 Å². The number of nitrogens with zero attached hydrogens (tertiary/aromatic N) is 3. The van der Waals surface area contributed by atoms with E-state index in [1.165, 1.54) is 30.2 Å². The zero-order valence-corrected chi connectivity index (χ0v) is 21.1. The molecule has 0 bridgehead atoms. The van der Waals surface area contributed by atoms with Crippen molar-refractivity contribution >= 4 is 17.5 Å². The predicted molar refractivity (Wildman–Crippen MR) is 137 cm³/mol. The highest BCUT2D eigenvalue weighted by Crippen LogP contribution is 2.37. The molecule has 0 fully saturated rings. The van der Waals surface area contributed by atoms with Crippen molar-refractivity contribution in [1.82, 2.24) is 9.91 Å². The first-order valence-electron chi connectivity index (χ1n) is 11.6. The molecule has 0 saturated carbocycles. The number of carbonyl (C=O) groups excluding carboxylic acids is 2. The van der Waals surface area contributed by atoms with Gasteiger partial charge in [-0.15, -0.1) is 0 Å². The maximum absolute atomic E-state index is 14.6. The second kappa shape index (κ2) is 11.1. The van der Waals surface area contributed by atoms with E-state index in [-0.39, 0.29) is 18.9 Å². The molecule has 1 aliphatic rings. The first-order valence-corrected chi connectivity index (χ1v) is 11.6. The van der Waals surface area contributed by atoms with Gasteiger partial charge in [0.25, 0.3) is 11.8 Å². The van der Waals surface area contributed by atoms with Crippen LogP contribution in [0.4, 0.5) is 4.39 Å². The van der Waals surface area contributed by atoms with Crippen LogP contribution in [0.3, 0.4) is 0 Å². The molecule has 0 aliphatic carbocycles. The molecule has 8 nitrogen and oxygen atoms in total. The van der Waals surface area contributed by atoms with Crippen molar-refractivity contribution in [3.05, 3.63) is 89.2 Å². The van der Waals surface area contributed by atoms with E-state index in [1.807, 2.05) is 6.07 Å². The maximum Gasteiger partial charge on any atom is 0.262 e. The van der Waals surface area contributed by atoms with Crippen molar-refractivity contribution in [2.24, 2.45) is 5.10 Å². The minimum Gasteiger partial charge on any atom is -0.497 e. The minimum atomic E-state index is -0.522. The van der Waals surface area contributed by atoms with E-state index in [9.17, 15) is 14.0 Å². The summed E-state index contributed by atoms with van der Waals surface area (Å²) in [7, 11) is 6.16. The van der Waals surface area contributed by atoms with Crippen LogP contribution < -0.4 is 14.2 Å². The van der Waals surface area contributed by atoms with Gasteiger partial charge in [-0.1, -0.05) is 24.3 Å². The lowest BCUT2D eigenvalue weighted by molar-refractivity contribution is -0.133. The number of hydrogen-bond donors (Lipinski definition) is 0. The van der Waals surface area contributed by atoms with Gasteiger partial charge in [0, 0.05) is 24.6 Å². The van der Waals surface area contributed by atoms with Crippen LogP contribution in [0.5, 0.6) is 17.2 Å². The Balaban J connectivity index is 1.62. The second-order valence-electron chi connectivity index (χ2n) is 8.49. The van der Waals surface area contributed by atoms with Crippen LogP contribution in [-0.4, -0.2) is 62.4 Å². The van der Waals surface area contributed by atoms with Gasteiger partial charge in [0.1, 0.15) is 18.1 Å². The van der Waals surface area contributed by atoms with Gasteiger partial charge in [0.15, 0.2) is 11.5 Å². The number of rotatable bonds is 8. The summed E-state index contributed by atoms with van der Waals surface area (Å²) in [5.41, 5.74) is 1.93. The molecule has 1 unspecified atom stereocenters. The minimum absolute atomic E-state index is 0.220. The van der Waals surface area contributed by atoms with Crippen molar-refractivity contribution in [1.29, 1.82) is 0 Å². The summed E-state index contributed by atoms with van der Waals surface area (Å²) in [6.45, 7) is -0.220. The monoisotopic (exact) mass is 505 g/mol. The highest BCUT2D eigenvalue weighted by molar-refractivity contribution is 6.04. The van der Waals surface area contributed by atoms with Crippen LogP contribution in [-0.2, 0) is 4.79 Å². The highest BCUT2D eigenvalue weighted by atomic mass is 19.1. The Morgan fingerprint density at radius 1 is 0.973 bits per heavy atom. The third-order valence-corrected chi connectivity index (χ3v) is 6.20. The molecule has 3 aromatic rings. The van der Waals surface area contributed by atoms with Gasteiger partial charge in [-0.3, -0.25) is 9.59 Å². The molecule has 0 radical (unpaired) electrons. The van der Waals surface area contributed by atoms with Gasteiger partial charge in [-0.05, 0) is 48.0 Å². The lowest BCUT2D eigenvalue weighted by Crippen LogP contribution is -2.39. The van der Waals surface area contributed by atoms with Crippen molar-refractivity contribution in [3.8, 4) is 17.2 Å². The van der Waals surface area contributed by atoms with E-state index in [0.717, 1.165) is 5.56 Å². The average Bonchev–Trinajstić information content (AvgIpc) is 3.38. The summed E-state index contributed by atoms with van der Waals surface area (Å²) in [5, 5.41) is 5.84. The zero-order valence-electron chi connectivity index (χ0n) is 21.1. The number of amides is 2. The molecule has 2 amide bonds. The largest absolute Gasteiger partial charge is 0.497 e. The van der Waals surface area contributed by atoms with E-state index < -0.39 is 17.8 Å². The Kier molecular flexibility index (Phi) is 7.71. The Labute approximate surface area is 214 Å². The molecule has 1 aliphatic heterocycles. The Morgan fingerprint density at radius 2 is 1.68 bits per heavy atom. The van der Waals surface area contributed by atoms with E-state index >= 15 is 0 Å². The molecule has 3 aromatic carbocycles. The molecule has 37 heavy (non-hydrogen) atoms. The quantitative estimate of drug-likeness (QED) is 0.456. The van der Waals surface area contributed by atoms with E-state index in [1.54, 1.807) is 68.8 Å². The van der Waals surface area contributed by atoms with Gasteiger partial charge >= 0.3 is 0 Å². The van der Waals surface area contributed by atoms with E-state index in [2.05, 4.69) is 5.10 Å². The molecular formula is C28H28FN3O5. The first kappa shape index (κ1) is 25.7. The fraction of sp³-hybridized carbons (Fsp3) is 0.250.